The SMILES string of the molecule is C[C@@H]1CN(Cc2ccc(C(F)(F)F)nc2)C[C@H]1c1nc2c(cnn2C2CCCC2)c(=O)[nH]1. The maximum Gasteiger partial charge on any atom is 0.433 e. The summed E-state index contributed by atoms with van der Waals surface area (Å²) in [7, 11) is 0. The average Bonchev–Trinajstić information content (AvgIpc) is 3.47. The van der Waals surface area contributed by atoms with E-state index in [1.165, 1.54) is 12.3 Å². The third kappa shape index (κ3) is 3.92. The summed E-state index contributed by atoms with van der Waals surface area (Å²) in [6.45, 7) is 4.02. The van der Waals surface area contributed by atoms with E-state index in [4.69, 9.17) is 4.98 Å². The van der Waals surface area contributed by atoms with Crippen molar-refractivity contribution in [2.45, 2.75) is 57.3 Å². The zero-order valence-corrected chi connectivity index (χ0v) is 17.8. The van der Waals surface area contributed by atoms with Crippen LogP contribution in [0.5, 0.6) is 0 Å². The number of hydrogen-bond acceptors (Lipinski definition) is 5. The lowest BCUT2D eigenvalue weighted by Crippen LogP contribution is -2.22. The number of fused-ring (bicyclic) bond motifs is 1. The first-order valence-electron chi connectivity index (χ1n) is 11.0. The van der Waals surface area contributed by atoms with Crippen molar-refractivity contribution >= 4 is 11.0 Å². The topological polar surface area (TPSA) is 79.7 Å². The van der Waals surface area contributed by atoms with E-state index in [2.05, 4.69) is 26.9 Å². The van der Waals surface area contributed by atoms with Gasteiger partial charge >= 0.3 is 6.18 Å². The number of aromatic amines is 1. The lowest BCUT2D eigenvalue weighted by Gasteiger charge is -2.16. The molecule has 0 spiro atoms. The highest BCUT2D eigenvalue weighted by atomic mass is 19.4. The minimum atomic E-state index is -4.44. The molecule has 10 heteroatoms. The number of rotatable bonds is 4. The van der Waals surface area contributed by atoms with Crippen molar-refractivity contribution in [3.8, 4) is 0 Å². The van der Waals surface area contributed by atoms with Gasteiger partial charge in [0.25, 0.3) is 5.56 Å². The molecular formula is C22H25F3N6O. The summed E-state index contributed by atoms with van der Waals surface area (Å²) in [4.78, 5) is 26.2. The molecule has 0 amide bonds. The molecule has 7 nitrogen and oxygen atoms in total. The van der Waals surface area contributed by atoms with E-state index < -0.39 is 11.9 Å². The van der Waals surface area contributed by atoms with Gasteiger partial charge in [0.2, 0.25) is 0 Å². The molecule has 170 valence electrons. The van der Waals surface area contributed by atoms with Crippen LogP contribution in [0.3, 0.4) is 0 Å². The second-order valence-corrected chi connectivity index (χ2v) is 9.04. The Hall–Kier alpha value is -2.75. The molecule has 5 rings (SSSR count). The zero-order chi connectivity index (χ0) is 22.5. The fraction of sp³-hybridized carbons (Fsp3) is 0.545. The monoisotopic (exact) mass is 446 g/mol. The van der Waals surface area contributed by atoms with Crippen molar-refractivity contribution in [3.63, 3.8) is 0 Å². The van der Waals surface area contributed by atoms with Crippen LogP contribution < -0.4 is 5.56 Å². The van der Waals surface area contributed by atoms with Gasteiger partial charge in [0.05, 0.1) is 12.2 Å². The van der Waals surface area contributed by atoms with Crippen LogP contribution in [0.15, 0.2) is 29.3 Å². The van der Waals surface area contributed by atoms with Crippen LogP contribution in [0.4, 0.5) is 13.2 Å². The number of pyridine rings is 1. The van der Waals surface area contributed by atoms with Crippen LogP contribution in [0, 0.1) is 5.92 Å². The zero-order valence-electron chi connectivity index (χ0n) is 17.8. The second kappa shape index (κ2) is 7.99. The van der Waals surface area contributed by atoms with Gasteiger partial charge in [-0.25, -0.2) is 9.67 Å². The first-order chi connectivity index (χ1) is 15.3. The Balaban J connectivity index is 1.36. The molecule has 0 bridgehead atoms. The van der Waals surface area contributed by atoms with Gasteiger partial charge in [-0.15, -0.1) is 0 Å². The third-order valence-corrected chi connectivity index (χ3v) is 6.71. The van der Waals surface area contributed by atoms with Crippen LogP contribution in [-0.4, -0.2) is 42.7 Å². The van der Waals surface area contributed by atoms with Gasteiger partial charge in [-0.05, 0) is 30.4 Å². The summed E-state index contributed by atoms with van der Waals surface area (Å²) in [5.41, 5.74) is 0.310. The lowest BCUT2D eigenvalue weighted by atomic mass is 9.97. The first-order valence-corrected chi connectivity index (χ1v) is 11.0. The fourth-order valence-corrected chi connectivity index (χ4v) is 5.04. The van der Waals surface area contributed by atoms with E-state index in [-0.39, 0.29) is 17.4 Å². The molecule has 1 saturated carbocycles. The molecule has 1 saturated heterocycles. The number of likely N-dealkylation sites (tertiary alicyclic amines) is 1. The van der Waals surface area contributed by atoms with Crippen molar-refractivity contribution in [3.05, 3.63) is 52.0 Å². The molecule has 2 fully saturated rings. The van der Waals surface area contributed by atoms with E-state index in [0.717, 1.165) is 43.9 Å². The van der Waals surface area contributed by atoms with Gasteiger partial charge < -0.3 is 4.98 Å². The normalized spacial score (nSPS) is 22.9. The Morgan fingerprint density at radius 3 is 2.62 bits per heavy atom. The van der Waals surface area contributed by atoms with Gasteiger partial charge in [0.15, 0.2) is 5.65 Å². The summed E-state index contributed by atoms with van der Waals surface area (Å²) in [6, 6.07) is 2.78. The van der Waals surface area contributed by atoms with Crippen LogP contribution in [0.25, 0.3) is 11.0 Å². The van der Waals surface area contributed by atoms with E-state index in [1.807, 2.05) is 4.68 Å². The molecule has 0 aromatic carbocycles. The Bertz CT molecular complexity index is 1160. The van der Waals surface area contributed by atoms with Crippen molar-refractivity contribution in [2.75, 3.05) is 13.1 Å². The van der Waals surface area contributed by atoms with E-state index in [1.54, 1.807) is 6.20 Å². The molecule has 0 unspecified atom stereocenters. The smallest absolute Gasteiger partial charge is 0.310 e. The van der Waals surface area contributed by atoms with Crippen molar-refractivity contribution < 1.29 is 13.2 Å². The molecule has 1 N–H and O–H groups in total. The molecule has 4 heterocycles. The maximum absolute atomic E-state index is 12.7. The Kier molecular flexibility index (Phi) is 5.27. The molecule has 32 heavy (non-hydrogen) atoms. The first kappa shape index (κ1) is 21.1. The predicted molar refractivity (Wildman–Crippen MR) is 112 cm³/mol. The van der Waals surface area contributed by atoms with Crippen LogP contribution >= 0.6 is 0 Å². The number of aromatic nitrogens is 5. The van der Waals surface area contributed by atoms with Crippen LogP contribution in [0.2, 0.25) is 0 Å². The summed E-state index contributed by atoms with van der Waals surface area (Å²) >= 11 is 0. The Morgan fingerprint density at radius 1 is 1.16 bits per heavy atom. The summed E-state index contributed by atoms with van der Waals surface area (Å²) in [5.74, 6) is 0.921. The standard InChI is InChI=1S/C22H25F3N6O/c1-13-10-30(11-14-6-7-18(26-8-14)22(23,24)25)12-17(13)19-28-20-16(21(32)29-19)9-27-31(20)15-4-2-3-5-15/h6-9,13,15,17H,2-5,10-12H2,1H3,(H,28,29,32)/t13-,17-/m1/s1. The molecular weight excluding hydrogens is 421 g/mol. The second-order valence-electron chi connectivity index (χ2n) is 9.04. The van der Waals surface area contributed by atoms with Crippen LogP contribution in [-0.2, 0) is 12.7 Å². The minimum absolute atomic E-state index is 0.0291. The number of H-pyrrole nitrogens is 1. The molecule has 3 aromatic heterocycles. The maximum atomic E-state index is 12.7. The molecule has 2 aliphatic rings. The van der Waals surface area contributed by atoms with Crippen molar-refractivity contribution in [2.24, 2.45) is 5.92 Å². The number of nitrogens with zero attached hydrogens (tertiary/aromatic N) is 5. The Morgan fingerprint density at radius 2 is 1.94 bits per heavy atom. The highest BCUT2D eigenvalue weighted by Gasteiger charge is 2.34. The average molecular weight is 446 g/mol. The molecule has 1 aliphatic heterocycles. The Labute approximate surface area is 182 Å². The molecule has 3 aromatic rings. The number of halogens is 3. The van der Waals surface area contributed by atoms with Crippen molar-refractivity contribution in [1.29, 1.82) is 0 Å². The quantitative estimate of drug-likeness (QED) is 0.658. The van der Waals surface area contributed by atoms with E-state index in [9.17, 15) is 18.0 Å². The summed E-state index contributed by atoms with van der Waals surface area (Å²) in [5, 5.41) is 4.97. The molecule has 2 atom stereocenters. The van der Waals surface area contributed by atoms with E-state index >= 15 is 0 Å². The van der Waals surface area contributed by atoms with Gasteiger partial charge in [-0.1, -0.05) is 25.8 Å². The number of alkyl halides is 3. The van der Waals surface area contributed by atoms with Gasteiger partial charge in [-0.3, -0.25) is 14.7 Å². The van der Waals surface area contributed by atoms with Crippen molar-refractivity contribution in [1.82, 2.24) is 29.6 Å². The molecule has 1 aliphatic carbocycles. The van der Waals surface area contributed by atoms with Gasteiger partial charge in [0, 0.05) is 31.7 Å². The predicted octanol–water partition coefficient (Wildman–Crippen LogP) is 3.88. The van der Waals surface area contributed by atoms with Crippen LogP contribution in [0.1, 0.15) is 61.6 Å². The highest BCUT2D eigenvalue weighted by Crippen LogP contribution is 2.34. The fourth-order valence-electron chi connectivity index (χ4n) is 5.04. The minimum Gasteiger partial charge on any atom is -0.310 e. The van der Waals surface area contributed by atoms with Gasteiger partial charge in [-0.2, -0.15) is 18.3 Å². The number of hydrogen-bond donors (Lipinski definition) is 1. The van der Waals surface area contributed by atoms with E-state index in [0.29, 0.717) is 36.0 Å². The number of nitrogens with one attached hydrogen (secondary N) is 1. The summed E-state index contributed by atoms with van der Waals surface area (Å²) < 4.78 is 40.1. The van der Waals surface area contributed by atoms with Gasteiger partial charge in [0.1, 0.15) is 16.9 Å². The molecule has 0 radical (unpaired) electrons. The lowest BCUT2D eigenvalue weighted by molar-refractivity contribution is -0.141. The largest absolute Gasteiger partial charge is 0.433 e. The summed E-state index contributed by atoms with van der Waals surface area (Å²) in [6.07, 6.45) is 2.88. The third-order valence-electron chi connectivity index (χ3n) is 6.71. The highest BCUT2D eigenvalue weighted by molar-refractivity contribution is 5.73.